The molecule has 15 heavy (non-hydrogen) atoms. The van der Waals surface area contributed by atoms with Crippen LogP contribution in [0.3, 0.4) is 0 Å². The molecule has 2 fully saturated rings. The molecule has 1 aromatic rings. The van der Waals surface area contributed by atoms with Gasteiger partial charge < -0.3 is 15.5 Å². The van der Waals surface area contributed by atoms with Gasteiger partial charge in [0, 0.05) is 43.0 Å². The Bertz CT molecular complexity index is 357. The van der Waals surface area contributed by atoms with Gasteiger partial charge in [-0.15, -0.1) is 0 Å². The van der Waals surface area contributed by atoms with E-state index in [4.69, 9.17) is 5.73 Å². The molecule has 0 saturated carbocycles. The number of benzene rings is 1. The molecule has 0 aliphatic carbocycles. The fraction of sp³-hybridized carbons (Fsp3) is 0.500. The minimum absolute atomic E-state index is 0.607. The van der Waals surface area contributed by atoms with E-state index in [0.717, 1.165) is 5.69 Å². The molecule has 0 atom stereocenters. The fourth-order valence-electron chi connectivity index (χ4n) is 2.93. The first-order valence-corrected chi connectivity index (χ1v) is 5.46. The van der Waals surface area contributed by atoms with Crippen LogP contribution in [0.5, 0.6) is 0 Å². The molecule has 2 N–H and O–H groups in total. The zero-order chi connectivity index (χ0) is 10.5. The molecular formula is C12H17N3. The van der Waals surface area contributed by atoms with Crippen molar-refractivity contribution < 1.29 is 0 Å². The Labute approximate surface area is 90.5 Å². The molecule has 80 valence electrons. The molecule has 1 spiro atoms. The van der Waals surface area contributed by atoms with E-state index in [1.165, 1.54) is 31.9 Å². The number of rotatable bonds is 1. The maximum atomic E-state index is 5.67. The second-order valence-corrected chi connectivity index (χ2v) is 5.12. The normalized spacial score (nSPS) is 23.7. The van der Waals surface area contributed by atoms with Crippen molar-refractivity contribution in [2.24, 2.45) is 5.41 Å². The Balaban J connectivity index is 1.65. The highest BCUT2D eigenvalue weighted by Gasteiger charge is 2.50. The van der Waals surface area contributed by atoms with Gasteiger partial charge in [0.05, 0.1) is 0 Å². The second-order valence-electron chi connectivity index (χ2n) is 5.12. The third kappa shape index (κ3) is 1.38. The van der Waals surface area contributed by atoms with Crippen LogP contribution in [0.25, 0.3) is 0 Å². The number of likely N-dealkylation sites (tertiary alicyclic amines) is 1. The van der Waals surface area contributed by atoms with Crippen LogP contribution in [-0.2, 0) is 0 Å². The molecule has 0 bridgehead atoms. The molecule has 1 aromatic carbocycles. The fourth-order valence-corrected chi connectivity index (χ4v) is 2.93. The van der Waals surface area contributed by atoms with Crippen LogP contribution >= 0.6 is 0 Å². The standard InChI is InChI=1S/C12H17N3/c1-14-6-12(7-14)8-15(9-12)11-4-2-10(13)3-5-11/h2-5H,6-9,13H2,1H3. The summed E-state index contributed by atoms with van der Waals surface area (Å²) < 4.78 is 0. The molecule has 0 amide bonds. The number of nitrogen functional groups attached to an aromatic ring is 1. The summed E-state index contributed by atoms with van der Waals surface area (Å²) in [6, 6.07) is 8.19. The molecular weight excluding hydrogens is 186 g/mol. The van der Waals surface area contributed by atoms with Crippen LogP contribution < -0.4 is 10.6 Å². The minimum atomic E-state index is 0.607. The lowest BCUT2D eigenvalue weighted by Gasteiger charge is -2.60. The van der Waals surface area contributed by atoms with Crippen molar-refractivity contribution in [3.8, 4) is 0 Å². The van der Waals surface area contributed by atoms with E-state index in [1.807, 2.05) is 12.1 Å². The van der Waals surface area contributed by atoms with Crippen molar-refractivity contribution >= 4 is 11.4 Å². The van der Waals surface area contributed by atoms with E-state index >= 15 is 0 Å². The number of anilines is 2. The molecule has 2 aliphatic rings. The first-order chi connectivity index (χ1) is 7.17. The van der Waals surface area contributed by atoms with Gasteiger partial charge in [-0.3, -0.25) is 0 Å². The van der Waals surface area contributed by atoms with Gasteiger partial charge in [-0.05, 0) is 31.3 Å². The third-order valence-corrected chi connectivity index (χ3v) is 3.52. The van der Waals surface area contributed by atoms with Gasteiger partial charge in [-0.25, -0.2) is 0 Å². The van der Waals surface area contributed by atoms with Crippen LogP contribution in [0.1, 0.15) is 0 Å². The van der Waals surface area contributed by atoms with Crippen LogP contribution in [0.4, 0.5) is 11.4 Å². The Morgan fingerprint density at radius 3 is 2.20 bits per heavy atom. The van der Waals surface area contributed by atoms with Crippen LogP contribution in [0, 0.1) is 5.41 Å². The minimum Gasteiger partial charge on any atom is -0.399 e. The molecule has 3 heteroatoms. The van der Waals surface area contributed by atoms with Crippen molar-refractivity contribution in [3.05, 3.63) is 24.3 Å². The maximum absolute atomic E-state index is 5.67. The van der Waals surface area contributed by atoms with E-state index < -0.39 is 0 Å². The molecule has 0 unspecified atom stereocenters. The smallest absolute Gasteiger partial charge is 0.0368 e. The predicted octanol–water partition coefficient (Wildman–Crippen LogP) is 1.02. The molecule has 0 radical (unpaired) electrons. The summed E-state index contributed by atoms with van der Waals surface area (Å²) in [6.45, 7) is 4.94. The SMILES string of the molecule is CN1CC2(C1)CN(c1ccc(N)cc1)C2. The van der Waals surface area contributed by atoms with Crippen molar-refractivity contribution in [2.45, 2.75) is 0 Å². The largest absolute Gasteiger partial charge is 0.399 e. The summed E-state index contributed by atoms with van der Waals surface area (Å²) in [6.07, 6.45) is 0. The zero-order valence-corrected chi connectivity index (χ0v) is 9.11. The quantitative estimate of drug-likeness (QED) is 0.692. The maximum Gasteiger partial charge on any atom is 0.0368 e. The number of hydrogen-bond donors (Lipinski definition) is 1. The van der Waals surface area contributed by atoms with Gasteiger partial charge >= 0.3 is 0 Å². The summed E-state index contributed by atoms with van der Waals surface area (Å²) in [4.78, 5) is 4.83. The van der Waals surface area contributed by atoms with Crippen molar-refractivity contribution in [1.82, 2.24) is 4.90 Å². The van der Waals surface area contributed by atoms with E-state index in [2.05, 4.69) is 29.0 Å². The molecule has 0 aromatic heterocycles. The molecule has 2 saturated heterocycles. The molecule has 3 nitrogen and oxygen atoms in total. The zero-order valence-electron chi connectivity index (χ0n) is 9.11. The summed E-state index contributed by atoms with van der Waals surface area (Å²) >= 11 is 0. The Kier molecular flexibility index (Phi) is 1.74. The van der Waals surface area contributed by atoms with Crippen molar-refractivity contribution in [1.29, 1.82) is 0 Å². The average molecular weight is 203 g/mol. The van der Waals surface area contributed by atoms with Crippen molar-refractivity contribution in [3.63, 3.8) is 0 Å². The lowest BCUT2D eigenvalue weighted by Crippen LogP contribution is -2.71. The number of nitrogens with zero attached hydrogens (tertiary/aromatic N) is 2. The second kappa shape index (κ2) is 2.89. The summed E-state index contributed by atoms with van der Waals surface area (Å²) in [5.74, 6) is 0. The monoisotopic (exact) mass is 203 g/mol. The highest BCUT2D eigenvalue weighted by molar-refractivity contribution is 5.55. The summed E-state index contributed by atoms with van der Waals surface area (Å²) in [5.41, 5.74) is 8.43. The van der Waals surface area contributed by atoms with Crippen LogP contribution in [0.2, 0.25) is 0 Å². The van der Waals surface area contributed by atoms with Gasteiger partial charge in [-0.2, -0.15) is 0 Å². The van der Waals surface area contributed by atoms with Gasteiger partial charge in [0.25, 0.3) is 0 Å². The highest BCUT2D eigenvalue weighted by atomic mass is 15.3. The van der Waals surface area contributed by atoms with Gasteiger partial charge in [0.15, 0.2) is 0 Å². The number of hydrogen-bond acceptors (Lipinski definition) is 3. The van der Waals surface area contributed by atoms with E-state index in [0.29, 0.717) is 5.41 Å². The summed E-state index contributed by atoms with van der Waals surface area (Å²) in [7, 11) is 2.19. The molecule has 2 aliphatic heterocycles. The molecule has 3 rings (SSSR count). The first kappa shape index (κ1) is 9.04. The van der Waals surface area contributed by atoms with E-state index in [9.17, 15) is 0 Å². The summed E-state index contributed by atoms with van der Waals surface area (Å²) in [5, 5.41) is 0. The van der Waals surface area contributed by atoms with Gasteiger partial charge in [0.1, 0.15) is 0 Å². The first-order valence-electron chi connectivity index (χ1n) is 5.46. The van der Waals surface area contributed by atoms with E-state index in [-0.39, 0.29) is 0 Å². The van der Waals surface area contributed by atoms with Crippen molar-refractivity contribution in [2.75, 3.05) is 43.9 Å². The molecule has 2 heterocycles. The Morgan fingerprint density at radius 1 is 1.07 bits per heavy atom. The lowest BCUT2D eigenvalue weighted by atomic mass is 9.73. The lowest BCUT2D eigenvalue weighted by molar-refractivity contribution is -0.00238. The Morgan fingerprint density at radius 2 is 1.67 bits per heavy atom. The van der Waals surface area contributed by atoms with Crippen LogP contribution in [0.15, 0.2) is 24.3 Å². The van der Waals surface area contributed by atoms with E-state index in [1.54, 1.807) is 0 Å². The highest BCUT2D eigenvalue weighted by Crippen LogP contribution is 2.40. The topological polar surface area (TPSA) is 32.5 Å². The Hall–Kier alpha value is -1.22. The average Bonchev–Trinajstić information content (AvgIpc) is 2.11. The third-order valence-electron chi connectivity index (χ3n) is 3.52. The predicted molar refractivity (Wildman–Crippen MR) is 63.0 cm³/mol. The van der Waals surface area contributed by atoms with Crippen LogP contribution in [-0.4, -0.2) is 38.1 Å². The number of nitrogens with two attached hydrogens (primary N) is 1. The van der Waals surface area contributed by atoms with Gasteiger partial charge in [-0.1, -0.05) is 0 Å². The van der Waals surface area contributed by atoms with Gasteiger partial charge in [0.2, 0.25) is 0 Å².